The Morgan fingerprint density at radius 2 is 2.09 bits per heavy atom. The minimum Gasteiger partial charge on any atom is -0.339 e. The Balaban J connectivity index is 1.77. The van der Waals surface area contributed by atoms with Crippen molar-refractivity contribution in [2.45, 2.75) is 33.2 Å². The molecular formula is C24H24F3N5O. The summed E-state index contributed by atoms with van der Waals surface area (Å²) in [6.45, 7) is 4.41. The van der Waals surface area contributed by atoms with Crippen molar-refractivity contribution in [3.05, 3.63) is 70.5 Å². The van der Waals surface area contributed by atoms with Gasteiger partial charge in [-0.25, -0.2) is 18.2 Å². The molecule has 2 aromatic heterocycles. The number of fused-ring (bicyclic) bond motifs is 1. The van der Waals surface area contributed by atoms with Crippen molar-refractivity contribution in [2.75, 3.05) is 13.1 Å². The second-order valence-electron chi connectivity index (χ2n) is 8.01. The lowest BCUT2D eigenvalue weighted by Gasteiger charge is -2.25. The van der Waals surface area contributed by atoms with Crippen molar-refractivity contribution < 1.29 is 18.0 Å². The van der Waals surface area contributed by atoms with Crippen LogP contribution in [0.1, 0.15) is 42.4 Å². The van der Waals surface area contributed by atoms with Crippen LogP contribution in [0, 0.1) is 12.7 Å². The zero-order valence-corrected chi connectivity index (χ0v) is 18.6. The van der Waals surface area contributed by atoms with E-state index in [1.54, 1.807) is 18.0 Å². The van der Waals surface area contributed by atoms with Crippen LogP contribution in [0.25, 0.3) is 16.5 Å². The van der Waals surface area contributed by atoms with Crippen LogP contribution in [0.3, 0.4) is 0 Å². The molecule has 0 spiro atoms. The van der Waals surface area contributed by atoms with Crippen LogP contribution in [-0.4, -0.2) is 38.4 Å². The van der Waals surface area contributed by atoms with Gasteiger partial charge in [-0.15, -0.1) is 0 Å². The SMILES string of the molecule is CC(=O)N1CC=C(c2cc3c(=NCc4cccc(C(F)F)c4F)nc(C)n(C)c3cn2)CC1. The van der Waals surface area contributed by atoms with Gasteiger partial charge in [-0.1, -0.05) is 24.3 Å². The van der Waals surface area contributed by atoms with Crippen molar-refractivity contribution in [1.29, 1.82) is 0 Å². The first-order valence-electron chi connectivity index (χ1n) is 10.6. The molecule has 0 radical (unpaired) electrons. The summed E-state index contributed by atoms with van der Waals surface area (Å²) >= 11 is 0. The predicted molar refractivity (Wildman–Crippen MR) is 119 cm³/mol. The van der Waals surface area contributed by atoms with E-state index in [-0.39, 0.29) is 18.0 Å². The molecule has 0 saturated carbocycles. The first-order chi connectivity index (χ1) is 15.8. The molecule has 1 aromatic carbocycles. The highest BCUT2D eigenvalue weighted by Crippen LogP contribution is 2.25. The molecular weight excluding hydrogens is 431 g/mol. The van der Waals surface area contributed by atoms with E-state index in [2.05, 4.69) is 15.0 Å². The second-order valence-corrected chi connectivity index (χ2v) is 8.01. The van der Waals surface area contributed by atoms with Gasteiger partial charge in [0.2, 0.25) is 5.91 Å². The Bertz CT molecular complexity index is 1330. The van der Waals surface area contributed by atoms with Gasteiger partial charge in [0.25, 0.3) is 6.43 Å². The average molecular weight is 455 g/mol. The van der Waals surface area contributed by atoms with E-state index in [9.17, 15) is 18.0 Å². The minimum atomic E-state index is -2.89. The fraction of sp³-hybridized carbons (Fsp3) is 0.333. The van der Waals surface area contributed by atoms with E-state index in [0.717, 1.165) is 28.2 Å². The number of nitrogens with zero attached hydrogens (tertiary/aromatic N) is 5. The number of aryl methyl sites for hydroxylation is 2. The van der Waals surface area contributed by atoms with Gasteiger partial charge in [-0.3, -0.25) is 14.8 Å². The Morgan fingerprint density at radius 1 is 1.30 bits per heavy atom. The summed E-state index contributed by atoms with van der Waals surface area (Å²) < 4.78 is 42.4. The minimum absolute atomic E-state index is 0.0349. The van der Waals surface area contributed by atoms with E-state index < -0.39 is 17.8 Å². The molecule has 1 aliphatic heterocycles. The second kappa shape index (κ2) is 9.17. The van der Waals surface area contributed by atoms with E-state index in [1.807, 2.05) is 30.7 Å². The molecule has 3 aromatic rings. The number of benzene rings is 1. The van der Waals surface area contributed by atoms with E-state index >= 15 is 0 Å². The third-order valence-corrected chi connectivity index (χ3v) is 5.96. The van der Waals surface area contributed by atoms with Crippen molar-refractivity contribution >= 4 is 22.4 Å². The number of aromatic nitrogens is 3. The highest BCUT2D eigenvalue weighted by molar-refractivity contribution is 5.82. The topological polar surface area (TPSA) is 63.4 Å². The molecule has 3 heterocycles. The number of amides is 1. The predicted octanol–water partition coefficient (Wildman–Crippen LogP) is 4.09. The molecule has 0 atom stereocenters. The molecule has 6 nitrogen and oxygen atoms in total. The third-order valence-electron chi connectivity index (χ3n) is 5.96. The van der Waals surface area contributed by atoms with Gasteiger partial charge < -0.3 is 9.47 Å². The third kappa shape index (κ3) is 4.53. The molecule has 0 N–H and O–H groups in total. The maximum absolute atomic E-state index is 14.5. The first kappa shape index (κ1) is 22.7. The van der Waals surface area contributed by atoms with Crippen LogP contribution in [0.5, 0.6) is 0 Å². The summed E-state index contributed by atoms with van der Waals surface area (Å²) in [5, 5.41) is 0.730. The Labute approximate surface area is 189 Å². The summed E-state index contributed by atoms with van der Waals surface area (Å²) in [5.74, 6) is -0.220. The van der Waals surface area contributed by atoms with Crippen LogP contribution in [0.4, 0.5) is 13.2 Å². The van der Waals surface area contributed by atoms with Gasteiger partial charge in [-0.2, -0.15) is 0 Å². The largest absolute Gasteiger partial charge is 0.339 e. The molecule has 33 heavy (non-hydrogen) atoms. The van der Waals surface area contributed by atoms with Crippen molar-refractivity contribution in [3.8, 4) is 0 Å². The van der Waals surface area contributed by atoms with Crippen LogP contribution < -0.4 is 5.49 Å². The molecule has 0 aliphatic carbocycles. The number of halogens is 3. The Hall–Kier alpha value is -3.49. The molecule has 0 unspecified atom stereocenters. The molecule has 1 aliphatic rings. The lowest BCUT2D eigenvalue weighted by molar-refractivity contribution is -0.128. The Morgan fingerprint density at radius 3 is 2.76 bits per heavy atom. The summed E-state index contributed by atoms with van der Waals surface area (Å²) in [4.78, 5) is 27.0. The zero-order chi connectivity index (χ0) is 23.7. The van der Waals surface area contributed by atoms with E-state index in [1.165, 1.54) is 12.1 Å². The maximum Gasteiger partial charge on any atom is 0.266 e. The van der Waals surface area contributed by atoms with Gasteiger partial charge in [0.15, 0.2) is 5.49 Å². The van der Waals surface area contributed by atoms with Crippen molar-refractivity contribution in [1.82, 2.24) is 19.4 Å². The number of hydrogen-bond acceptors (Lipinski definition) is 4. The van der Waals surface area contributed by atoms with Gasteiger partial charge in [0, 0.05) is 38.0 Å². The standard InChI is InChI=1S/C24H24F3N5O/c1-14-30-24(29-12-17-5-4-6-18(22(17)25)23(26)27)19-11-20(28-13-21(19)31(14)3)16-7-9-32(10-8-16)15(2)33/h4-7,11,13,23H,8-10,12H2,1-3H3. The average Bonchev–Trinajstić information content (AvgIpc) is 2.80. The number of rotatable bonds is 4. The summed E-state index contributed by atoms with van der Waals surface area (Å²) in [7, 11) is 1.87. The highest BCUT2D eigenvalue weighted by Gasteiger charge is 2.18. The molecule has 1 amide bonds. The lowest BCUT2D eigenvalue weighted by atomic mass is 10.0. The molecule has 9 heteroatoms. The maximum atomic E-state index is 14.5. The van der Waals surface area contributed by atoms with Crippen LogP contribution in [0.2, 0.25) is 0 Å². The summed E-state index contributed by atoms with van der Waals surface area (Å²) in [6, 6.07) is 5.82. The van der Waals surface area contributed by atoms with Gasteiger partial charge in [0.05, 0.1) is 29.5 Å². The number of pyridine rings is 1. The number of carbonyl (C=O) groups is 1. The van der Waals surface area contributed by atoms with E-state index in [4.69, 9.17) is 0 Å². The Kier molecular flexibility index (Phi) is 6.31. The fourth-order valence-electron chi connectivity index (χ4n) is 3.89. The molecule has 0 fully saturated rings. The molecule has 0 bridgehead atoms. The van der Waals surface area contributed by atoms with Crippen molar-refractivity contribution in [2.24, 2.45) is 12.0 Å². The number of carbonyl (C=O) groups excluding carboxylic acids is 1. The lowest BCUT2D eigenvalue weighted by Crippen LogP contribution is -2.32. The van der Waals surface area contributed by atoms with Crippen molar-refractivity contribution in [3.63, 3.8) is 0 Å². The van der Waals surface area contributed by atoms with Crippen LogP contribution in [-0.2, 0) is 18.4 Å². The summed E-state index contributed by atoms with van der Waals surface area (Å²) in [5.41, 5.74) is 2.44. The zero-order valence-electron chi connectivity index (χ0n) is 18.6. The molecule has 0 saturated heterocycles. The normalized spacial score (nSPS) is 14.8. The van der Waals surface area contributed by atoms with Gasteiger partial charge in [0.1, 0.15) is 11.6 Å². The monoisotopic (exact) mass is 455 g/mol. The van der Waals surface area contributed by atoms with Crippen LogP contribution >= 0.6 is 0 Å². The smallest absolute Gasteiger partial charge is 0.266 e. The fourth-order valence-corrected chi connectivity index (χ4v) is 3.89. The quantitative estimate of drug-likeness (QED) is 0.595. The molecule has 172 valence electrons. The van der Waals surface area contributed by atoms with E-state index in [0.29, 0.717) is 30.8 Å². The number of hydrogen-bond donors (Lipinski definition) is 0. The van der Waals surface area contributed by atoms with Crippen LogP contribution in [0.15, 0.2) is 41.5 Å². The first-order valence-corrected chi connectivity index (χ1v) is 10.6. The highest BCUT2D eigenvalue weighted by atomic mass is 19.3. The van der Waals surface area contributed by atoms with Gasteiger partial charge >= 0.3 is 0 Å². The number of alkyl halides is 2. The van der Waals surface area contributed by atoms with Gasteiger partial charge in [-0.05, 0) is 25.0 Å². The molecule has 4 rings (SSSR count). The summed E-state index contributed by atoms with van der Waals surface area (Å²) in [6.07, 6.45) is 1.53.